The van der Waals surface area contributed by atoms with Crippen LogP contribution in [0.15, 0.2) is 79.0 Å². The molecule has 8 heteroatoms. The van der Waals surface area contributed by atoms with Gasteiger partial charge in [-0.2, -0.15) is 5.10 Å². The first-order chi connectivity index (χ1) is 17.6. The maximum atomic E-state index is 14.0. The zero-order valence-electron chi connectivity index (χ0n) is 19.9. The van der Waals surface area contributed by atoms with Crippen LogP contribution in [-0.4, -0.2) is 53.4 Å². The Morgan fingerprint density at radius 1 is 1.11 bits per heavy atom. The van der Waals surface area contributed by atoms with Gasteiger partial charge in [-0.05, 0) is 60.8 Å². The van der Waals surface area contributed by atoms with Crippen LogP contribution in [-0.2, 0) is 10.3 Å². The number of alkyl halides is 1. The highest BCUT2D eigenvalue weighted by Crippen LogP contribution is 2.39. The molecule has 2 heterocycles. The van der Waals surface area contributed by atoms with Crippen molar-refractivity contribution >= 4 is 34.1 Å². The molecule has 36 heavy (non-hydrogen) atoms. The molecule has 5 rings (SSSR count). The third kappa shape index (κ3) is 4.68. The number of benzene rings is 3. The number of amides is 1. The zero-order valence-corrected chi connectivity index (χ0v) is 20.6. The van der Waals surface area contributed by atoms with Gasteiger partial charge in [-0.1, -0.05) is 54.1 Å². The first-order valence-electron chi connectivity index (χ1n) is 12.2. The van der Waals surface area contributed by atoms with E-state index in [2.05, 4.69) is 31.8 Å². The van der Waals surface area contributed by atoms with Crippen LogP contribution in [0.3, 0.4) is 0 Å². The normalized spacial score (nSPS) is 18.0. The first-order valence-corrected chi connectivity index (χ1v) is 12.6. The van der Waals surface area contributed by atoms with Crippen LogP contribution in [0.25, 0.3) is 10.9 Å². The van der Waals surface area contributed by atoms with Crippen molar-refractivity contribution in [3.63, 3.8) is 0 Å². The van der Waals surface area contributed by atoms with Crippen molar-refractivity contribution in [2.24, 2.45) is 0 Å². The molecular formula is C28H29ClFN5O. The second-order valence-corrected chi connectivity index (χ2v) is 9.57. The molecular weight excluding hydrogens is 477 g/mol. The Bertz CT molecular complexity index is 1310. The number of carbonyl (C=O) groups is 1. The Balaban J connectivity index is 1.54. The number of carbonyl (C=O) groups excluding carboxylic acids is 1. The second-order valence-electron chi connectivity index (χ2n) is 9.13. The molecule has 4 aromatic rings. The topological polar surface area (TPSA) is 73.1 Å². The van der Waals surface area contributed by atoms with Gasteiger partial charge in [-0.15, -0.1) is 0 Å². The van der Waals surface area contributed by atoms with Gasteiger partial charge in [0.1, 0.15) is 6.67 Å². The number of piperidine rings is 1. The van der Waals surface area contributed by atoms with Gasteiger partial charge in [0.2, 0.25) is 5.91 Å². The summed E-state index contributed by atoms with van der Waals surface area (Å²) in [6, 6.07) is 23.4. The molecule has 6 nitrogen and oxygen atoms in total. The van der Waals surface area contributed by atoms with E-state index in [-0.39, 0.29) is 18.5 Å². The van der Waals surface area contributed by atoms with Gasteiger partial charge in [0.15, 0.2) is 5.54 Å². The van der Waals surface area contributed by atoms with E-state index in [1.54, 1.807) is 12.1 Å². The zero-order chi connectivity index (χ0) is 25.0. The molecule has 3 N–H and O–H groups in total. The van der Waals surface area contributed by atoms with E-state index in [4.69, 9.17) is 11.6 Å². The van der Waals surface area contributed by atoms with Crippen LogP contribution in [0.1, 0.15) is 24.0 Å². The lowest BCUT2D eigenvalue weighted by Crippen LogP contribution is -2.61. The molecule has 3 aromatic carbocycles. The van der Waals surface area contributed by atoms with Crippen LogP contribution < -0.4 is 10.6 Å². The third-order valence-corrected chi connectivity index (χ3v) is 7.12. The van der Waals surface area contributed by atoms with Crippen LogP contribution >= 0.6 is 11.6 Å². The average molecular weight is 506 g/mol. The third-order valence-electron chi connectivity index (χ3n) is 6.87. The lowest BCUT2D eigenvalue weighted by atomic mass is 9.78. The number of hydrogen-bond acceptors (Lipinski definition) is 4. The molecule has 1 saturated heterocycles. The molecule has 1 aliphatic heterocycles. The van der Waals surface area contributed by atoms with E-state index in [9.17, 15) is 9.18 Å². The molecule has 0 aliphatic carbocycles. The van der Waals surface area contributed by atoms with Crippen LogP contribution in [0.4, 0.5) is 10.1 Å². The summed E-state index contributed by atoms with van der Waals surface area (Å²) in [7, 11) is 0. The Morgan fingerprint density at radius 2 is 1.89 bits per heavy atom. The highest BCUT2D eigenvalue weighted by atomic mass is 35.5. The van der Waals surface area contributed by atoms with Crippen molar-refractivity contribution in [3.05, 3.63) is 95.1 Å². The quantitative estimate of drug-likeness (QED) is 0.311. The molecule has 2 atom stereocenters. The number of nitrogens with zero attached hydrogens (tertiary/aromatic N) is 2. The summed E-state index contributed by atoms with van der Waals surface area (Å²) in [6.07, 6.45) is 3.69. The highest BCUT2D eigenvalue weighted by Gasteiger charge is 2.48. The first kappa shape index (κ1) is 24.3. The number of halogens is 2. The lowest BCUT2D eigenvalue weighted by Gasteiger charge is -2.47. The number of likely N-dealkylation sites (tertiary alicyclic amines) is 1. The van der Waals surface area contributed by atoms with E-state index in [1.807, 2.05) is 60.8 Å². The molecule has 0 radical (unpaired) electrons. The van der Waals surface area contributed by atoms with E-state index < -0.39 is 12.2 Å². The summed E-state index contributed by atoms with van der Waals surface area (Å²) in [6.45, 7) is 0.683. The minimum absolute atomic E-state index is 0.0404. The number of H-pyrrole nitrogens is 1. The largest absolute Gasteiger partial charge is 0.381 e. The minimum atomic E-state index is -1.13. The number of rotatable bonds is 8. The van der Waals surface area contributed by atoms with E-state index in [0.29, 0.717) is 11.6 Å². The average Bonchev–Trinajstić information content (AvgIpc) is 3.38. The number of aromatic amines is 1. The summed E-state index contributed by atoms with van der Waals surface area (Å²) in [4.78, 5) is 16.2. The molecule has 0 spiro atoms. The molecule has 1 amide bonds. The van der Waals surface area contributed by atoms with Crippen LogP contribution in [0.5, 0.6) is 0 Å². The van der Waals surface area contributed by atoms with Crippen molar-refractivity contribution in [3.8, 4) is 0 Å². The van der Waals surface area contributed by atoms with Crippen molar-refractivity contribution in [1.29, 1.82) is 0 Å². The fourth-order valence-corrected chi connectivity index (χ4v) is 5.39. The molecule has 0 saturated carbocycles. The van der Waals surface area contributed by atoms with Gasteiger partial charge in [-0.25, -0.2) is 4.39 Å². The molecule has 1 aromatic heterocycles. The molecule has 1 fully saturated rings. The lowest BCUT2D eigenvalue weighted by molar-refractivity contribution is -0.132. The highest BCUT2D eigenvalue weighted by molar-refractivity contribution is 6.30. The van der Waals surface area contributed by atoms with E-state index in [1.165, 1.54) is 0 Å². The summed E-state index contributed by atoms with van der Waals surface area (Å²) in [5, 5.41) is 15.2. The van der Waals surface area contributed by atoms with Gasteiger partial charge in [0.25, 0.3) is 0 Å². The van der Waals surface area contributed by atoms with Crippen molar-refractivity contribution < 1.29 is 9.18 Å². The Labute approximate surface area is 214 Å². The monoisotopic (exact) mass is 505 g/mol. The SMILES string of the molecule is O=C(NCCF)C(c1ccccc1)(c1ccc(Cl)cc1)N1CCCC(Nc2ccc3[nH]ncc3c2)C1. The summed E-state index contributed by atoms with van der Waals surface area (Å²) in [5.74, 6) is -0.242. The Hall–Kier alpha value is -3.42. The fraction of sp³-hybridized carbons (Fsp3) is 0.286. The number of nitrogens with one attached hydrogen (secondary N) is 3. The molecule has 0 bridgehead atoms. The van der Waals surface area contributed by atoms with Crippen molar-refractivity contribution in [1.82, 2.24) is 20.4 Å². The molecule has 1 aliphatic rings. The van der Waals surface area contributed by atoms with Gasteiger partial charge in [0, 0.05) is 35.2 Å². The molecule has 186 valence electrons. The van der Waals surface area contributed by atoms with Crippen LogP contribution in [0, 0.1) is 0 Å². The summed E-state index contributed by atoms with van der Waals surface area (Å²) >= 11 is 6.22. The van der Waals surface area contributed by atoms with E-state index in [0.717, 1.165) is 47.1 Å². The standard InChI is InChI=1S/C28H29ClFN5O/c29-23-10-8-22(9-11-23)28(27(36)31-15-14-30,21-5-2-1-3-6-21)35-16-4-7-25(19-35)33-24-12-13-26-20(17-24)18-32-34-26/h1-3,5-6,8-13,17-18,25,33H,4,7,14-16,19H2,(H,31,36)(H,32,34). The summed E-state index contributed by atoms with van der Waals surface area (Å²) < 4.78 is 13.2. The van der Waals surface area contributed by atoms with Crippen molar-refractivity contribution in [2.75, 3.05) is 31.6 Å². The van der Waals surface area contributed by atoms with Crippen LogP contribution in [0.2, 0.25) is 5.02 Å². The second kappa shape index (κ2) is 10.7. The smallest absolute Gasteiger partial charge is 0.249 e. The predicted molar refractivity (Wildman–Crippen MR) is 142 cm³/mol. The number of anilines is 1. The number of hydrogen-bond donors (Lipinski definition) is 3. The van der Waals surface area contributed by atoms with Crippen molar-refractivity contribution in [2.45, 2.75) is 24.4 Å². The number of aromatic nitrogens is 2. The number of fused-ring (bicyclic) bond motifs is 1. The van der Waals surface area contributed by atoms with Gasteiger partial charge in [0.05, 0.1) is 11.7 Å². The Kier molecular flexibility index (Phi) is 7.20. The minimum Gasteiger partial charge on any atom is -0.381 e. The maximum absolute atomic E-state index is 14.0. The summed E-state index contributed by atoms with van der Waals surface area (Å²) in [5.41, 5.74) is 2.50. The fourth-order valence-electron chi connectivity index (χ4n) is 5.26. The van der Waals surface area contributed by atoms with E-state index >= 15 is 0 Å². The predicted octanol–water partition coefficient (Wildman–Crippen LogP) is 5.12. The van der Waals surface area contributed by atoms with Gasteiger partial charge >= 0.3 is 0 Å². The van der Waals surface area contributed by atoms with Gasteiger partial charge < -0.3 is 10.6 Å². The maximum Gasteiger partial charge on any atom is 0.249 e. The Morgan fingerprint density at radius 3 is 2.67 bits per heavy atom. The molecule has 2 unspecified atom stereocenters. The van der Waals surface area contributed by atoms with Gasteiger partial charge in [-0.3, -0.25) is 14.8 Å².